The van der Waals surface area contributed by atoms with E-state index in [1.807, 2.05) is 0 Å². The Balaban J connectivity index is 3.39. The second kappa shape index (κ2) is 8.52. The molecule has 0 saturated heterocycles. The van der Waals surface area contributed by atoms with Crippen molar-refractivity contribution in [2.75, 3.05) is 33.0 Å². The molecule has 0 aromatic carbocycles. The van der Waals surface area contributed by atoms with Gasteiger partial charge in [0.1, 0.15) is 6.61 Å². The zero-order valence-corrected chi connectivity index (χ0v) is 8.32. The predicted molar refractivity (Wildman–Crippen MR) is 49.6 cm³/mol. The summed E-state index contributed by atoms with van der Waals surface area (Å²) in [5.41, 5.74) is 0. The Kier molecular flexibility index (Phi) is 7.87. The lowest BCUT2D eigenvalue weighted by Crippen LogP contribution is -2.13. The number of rotatable bonds is 8. The van der Waals surface area contributed by atoms with Crippen molar-refractivity contribution in [1.82, 2.24) is 0 Å². The van der Waals surface area contributed by atoms with Crippen molar-refractivity contribution in [1.29, 1.82) is 0 Å². The molecule has 14 heavy (non-hydrogen) atoms. The lowest BCUT2D eigenvalue weighted by Gasteiger charge is -2.07. The van der Waals surface area contributed by atoms with E-state index in [9.17, 15) is 4.79 Å². The average Bonchev–Trinajstić information content (AvgIpc) is 2.17. The summed E-state index contributed by atoms with van der Waals surface area (Å²) in [6, 6.07) is 0. The molecule has 1 N–H and O–H groups in total. The standard InChI is InChI=1S/C9H16O5/c1-3-13-9(11)8(2)14-7-6-12-5-4-10/h10H,2-7H2,1H3. The van der Waals surface area contributed by atoms with Gasteiger partial charge in [0.15, 0.2) is 5.76 Å². The topological polar surface area (TPSA) is 65.0 Å². The molecule has 5 heteroatoms. The molecular weight excluding hydrogens is 188 g/mol. The van der Waals surface area contributed by atoms with Crippen LogP contribution < -0.4 is 0 Å². The number of aliphatic hydroxyl groups is 1. The molecule has 0 unspecified atom stereocenters. The van der Waals surface area contributed by atoms with Gasteiger partial charge in [-0.3, -0.25) is 0 Å². The van der Waals surface area contributed by atoms with Crippen LogP contribution in [0.15, 0.2) is 12.3 Å². The normalized spacial score (nSPS) is 9.57. The Morgan fingerprint density at radius 1 is 1.29 bits per heavy atom. The molecule has 0 rings (SSSR count). The minimum atomic E-state index is -0.561. The van der Waals surface area contributed by atoms with Crippen LogP contribution in [0.5, 0.6) is 0 Å². The zero-order chi connectivity index (χ0) is 10.8. The van der Waals surface area contributed by atoms with Gasteiger partial charge >= 0.3 is 5.97 Å². The number of ether oxygens (including phenoxy) is 3. The maximum Gasteiger partial charge on any atom is 0.372 e. The van der Waals surface area contributed by atoms with Crippen LogP contribution in [0.1, 0.15) is 6.92 Å². The molecule has 0 atom stereocenters. The summed E-state index contributed by atoms with van der Waals surface area (Å²) in [5.74, 6) is -0.589. The minimum Gasteiger partial charge on any atom is -0.485 e. The van der Waals surface area contributed by atoms with Gasteiger partial charge in [0, 0.05) is 0 Å². The van der Waals surface area contributed by atoms with E-state index in [1.54, 1.807) is 6.92 Å². The zero-order valence-electron chi connectivity index (χ0n) is 8.32. The third-order valence-electron chi connectivity index (χ3n) is 1.24. The van der Waals surface area contributed by atoms with E-state index in [4.69, 9.17) is 14.6 Å². The number of carbonyl (C=O) groups is 1. The van der Waals surface area contributed by atoms with Crippen molar-refractivity contribution >= 4 is 5.97 Å². The predicted octanol–water partition coefficient (Wildman–Crippen LogP) is 0.0887. The van der Waals surface area contributed by atoms with Crippen molar-refractivity contribution in [2.45, 2.75) is 6.92 Å². The van der Waals surface area contributed by atoms with Crippen LogP contribution in [0.3, 0.4) is 0 Å². The highest BCUT2D eigenvalue weighted by Crippen LogP contribution is 1.96. The quantitative estimate of drug-likeness (QED) is 0.263. The fourth-order valence-corrected chi connectivity index (χ4v) is 0.661. The number of esters is 1. The van der Waals surface area contributed by atoms with Crippen LogP contribution in [0.4, 0.5) is 0 Å². The number of aliphatic hydroxyl groups excluding tert-OH is 1. The summed E-state index contributed by atoms with van der Waals surface area (Å²) < 4.78 is 14.5. The molecule has 0 aromatic heterocycles. The number of hydrogen-bond donors (Lipinski definition) is 1. The molecule has 0 saturated carbocycles. The Morgan fingerprint density at radius 3 is 2.57 bits per heavy atom. The summed E-state index contributed by atoms with van der Waals surface area (Å²) in [7, 11) is 0. The summed E-state index contributed by atoms with van der Waals surface area (Å²) in [4.78, 5) is 10.9. The highest BCUT2D eigenvalue weighted by atomic mass is 16.6. The second-order valence-electron chi connectivity index (χ2n) is 2.33. The molecule has 0 heterocycles. The van der Waals surface area contributed by atoms with Crippen LogP contribution in [0.25, 0.3) is 0 Å². The summed E-state index contributed by atoms with van der Waals surface area (Å²) in [6.45, 7) is 6.14. The Labute approximate surface area is 83.3 Å². The lowest BCUT2D eigenvalue weighted by atomic mass is 10.5. The van der Waals surface area contributed by atoms with E-state index in [-0.39, 0.29) is 25.6 Å². The summed E-state index contributed by atoms with van der Waals surface area (Å²) >= 11 is 0. The first kappa shape index (κ1) is 12.9. The van der Waals surface area contributed by atoms with E-state index in [0.29, 0.717) is 13.2 Å². The van der Waals surface area contributed by atoms with Gasteiger partial charge in [-0.15, -0.1) is 0 Å². The monoisotopic (exact) mass is 204 g/mol. The Bertz CT molecular complexity index is 178. The largest absolute Gasteiger partial charge is 0.485 e. The van der Waals surface area contributed by atoms with Crippen LogP contribution >= 0.6 is 0 Å². The summed E-state index contributed by atoms with van der Waals surface area (Å²) in [6.07, 6.45) is 0. The van der Waals surface area contributed by atoms with Crippen molar-refractivity contribution in [3.63, 3.8) is 0 Å². The van der Waals surface area contributed by atoms with E-state index in [2.05, 4.69) is 11.3 Å². The number of hydrogen-bond acceptors (Lipinski definition) is 5. The Hall–Kier alpha value is -1.07. The van der Waals surface area contributed by atoms with Crippen molar-refractivity contribution in [3.8, 4) is 0 Å². The smallest absolute Gasteiger partial charge is 0.372 e. The number of carbonyl (C=O) groups excluding carboxylic acids is 1. The van der Waals surface area contributed by atoms with Crippen molar-refractivity contribution in [3.05, 3.63) is 12.3 Å². The first-order valence-corrected chi connectivity index (χ1v) is 4.39. The molecule has 0 spiro atoms. The second-order valence-corrected chi connectivity index (χ2v) is 2.33. The minimum absolute atomic E-state index is 0.0283. The maximum absolute atomic E-state index is 10.9. The first-order valence-electron chi connectivity index (χ1n) is 4.39. The highest BCUT2D eigenvalue weighted by molar-refractivity contribution is 5.85. The van der Waals surface area contributed by atoms with Crippen molar-refractivity contribution in [2.24, 2.45) is 0 Å². The van der Waals surface area contributed by atoms with Gasteiger partial charge in [-0.1, -0.05) is 0 Å². The van der Waals surface area contributed by atoms with Gasteiger partial charge in [-0.05, 0) is 13.5 Å². The van der Waals surface area contributed by atoms with Gasteiger partial charge < -0.3 is 19.3 Å². The van der Waals surface area contributed by atoms with Crippen LogP contribution in [-0.2, 0) is 19.0 Å². The molecule has 0 aliphatic rings. The van der Waals surface area contributed by atoms with E-state index in [0.717, 1.165) is 0 Å². The SMILES string of the molecule is C=C(OCCOCCO)C(=O)OCC. The van der Waals surface area contributed by atoms with E-state index in [1.165, 1.54) is 0 Å². The van der Waals surface area contributed by atoms with Crippen molar-refractivity contribution < 1.29 is 24.1 Å². The fraction of sp³-hybridized carbons (Fsp3) is 0.667. The van der Waals surface area contributed by atoms with Crippen LogP contribution in [0.2, 0.25) is 0 Å². The molecule has 0 aliphatic heterocycles. The molecule has 0 aromatic rings. The van der Waals surface area contributed by atoms with Crippen LogP contribution in [0, 0.1) is 0 Å². The van der Waals surface area contributed by atoms with Gasteiger partial charge in [0.2, 0.25) is 0 Å². The van der Waals surface area contributed by atoms with E-state index < -0.39 is 5.97 Å². The molecule has 0 bridgehead atoms. The summed E-state index contributed by atoms with van der Waals surface area (Å²) in [5, 5.41) is 8.38. The van der Waals surface area contributed by atoms with Gasteiger partial charge in [0.05, 0.1) is 26.4 Å². The van der Waals surface area contributed by atoms with Crippen LogP contribution in [-0.4, -0.2) is 44.1 Å². The molecular formula is C9H16O5. The molecule has 5 nitrogen and oxygen atoms in total. The lowest BCUT2D eigenvalue weighted by molar-refractivity contribution is -0.142. The molecule has 82 valence electrons. The van der Waals surface area contributed by atoms with Gasteiger partial charge in [0.25, 0.3) is 0 Å². The fourth-order valence-electron chi connectivity index (χ4n) is 0.661. The third kappa shape index (κ3) is 6.45. The highest BCUT2D eigenvalue weighted by Gasteiger charge is 2.07. The van der Waals surface area contributed by atoms with E-state index >= 15 is 0 Å². The third-order valence-corrected chi connectivity index (χ3v) is 1.24. The Morgan fingerprint density at radius 2 is 2.00 bits per heavy atom. The first-order chi connectivity index (χ1) is 6.72. The molecule has 0 fully saturated rings. The average molecular weight is 204 g/mol. The molecule has 0 aliphatic carbocycles. The van der Waals surface area contributed by atoms with Gasteiger partial charge in [-0.2, -0.15) is 0 Å². The molecule has 0 amide bonds. The maximum atomic E-state index is 10.9. The van der Waals surface area contributed by atoms with Gasteiger partial charge in [-0.25, -0.2) is 4.79 Å². The molecule has 0 radical (unpaired) electrons.